The van der Waals surface area contributed by atoms with Crippen LogP contribution in [0.3, 0.4) is 0 Å². The molecule has 0 aliphatic carbocycles. The number of ether oxygens (including phenoxy) is 1. The van der Waals surface area contributed by atoms with Crippen LogP contribution in [0.5, 0.6) is 5.75 Å². The third-order valence-electron chi connectivity index (χ3n) is 4.24. The van der Waals surface area contributed by atoms with Gasteiger partial charge in [-0.2, -0.15) is 4.98 Å². The molecule has 0 aliphatic rings. The smallest absolute Gasteiger partial charge is 0.261 e. The van der Waals surface area contributed by atoms with Gasteiger partial charge in [0.15, 0.2) is 5.82 Å². The summed E-state index contributed by atoms with van der Waals surface area (Å²) in [5, 5.41) is 3.93. The van der Waals surface area contributed by atoms with E-state index in [0.29, 0.717) is 23.6 Å². The van der Waals surface area contributed by atoms with Gasteiger partial charge in [-0.3, -0.25) is 0 Å². The summed E-state index contributed by atoms with van der Waals surface area (Å²) in [5.41, 5.74) is 2.44. The number of hydrogen-bond donors (Lipinski definition) is 1. The van der Waals surface area contributed by atoms with Gasteiger partial charge in [0, 0.05) is 13.0 Å². The summed E-state index contributed by atoms with van der Waals surface area (Å²) in [4.78, 5) is 4.43. The Morgan fingerprint density at radius 3 is 2.57 bits per heavy atom. The lowest BCUT2D eigenvalue weighted by Crippen LogP contribution is -2.23. The van der Waals surface area contributed by atoms with E-state index in [4.69, 9.17) is 9.26 Å². The quantitative estimate of drug-likeness (QED) is 0.621. The summed E-state index contributed by atoms with van der Waals surface area (Å²) in [6.07, 6.45) is 1.56. The highest BCUT2D eigenvalue weighted by atomic mass is 32.2. The number of rotatable bonds is 8. The molecule has 1 N–H and O–H groups in total. The van der Waals surface area contributed by atoms with Crippen LogP contribution in [0.15, 0.2) is 51.9 Å². The summed E-state index contributed by atoms with van der Waals surface area (Å²) in [5.74, 6) is 1.27. The summed E-state index contributed by atoms with van der Waals surface area (Å²) >= 11 is 0. The van der Waals surface area contributed by atoms with Crippen molar-refractivity contribution in [2.24, 2.45) is 0 Å². The second-order valence-corrected chi connectivity index (χ2v) is 8.20. The second-order valence-electron chi connectivity index (χ2n) is 6.44. The maximum Gasteiger partial charge on any atom is 0.261 e. The van der Waals surface area contributed by atoms with E-state index in [1.807, 2.05) is 38.1 Å². The lowest BCUT2D eigenvalue weighted by Gasteiger charge is -2.10. The molecule has 1 heterocycles. The second kappa shape index (κ2) is 8.53. The Morgan fingerprint density at radius 1 is 1.14 bits per heavy atom. The SMILES string of the molecule is CCCc1noc(-c2cc(S(=O)(=O)NCc3ccc(C)cc3)ccc2OC)n1. The molecule has 3 aromatic rings. The minimum atomic E-state index is -3.72. The van der Waals surface area contributed by atoms with Crippen LogP contribution in [0, 0.1) is 6.92 Å². The van der Waals surface area contributed by atoms with Gasteiger partial charge in [0.25, 0.3) is 5.89 Å². The lowest BCUT2D eigenvalue weighted by molar-refractivity contribution is 0.402. The minimum absolute atomic E-state index is 0.102. The normalized spacial score (nSPS) is 11.5. The molecular weight excluding hydrogens is 378 g/mol. The molecule has 0 bridgehead atoms. The van der Waals surface area contributed by atoms with Crippen LogP contribution in [0.25, 0.3) is 11.5 Å². The average molecular weight is 401 g/mol. The zero-order valence-corrected chi connectivity index (χ0v) is 16.9. The van der Waals surface area contributed by atoms with Crippen molar-refractivity contribution < 1.29 is 17.7 Å². The predicted molar refractivity (Wildman–Crippen MR) is 105 cm³/mol. The molecule has 0 unspecified atom stereocenters. The molecule has 0 saturated heterocycles. The molecule has 8 heteroatoms. The molecule has 2 aromatic carbocycles. The number of aromatic nitrogens is 2. The van der Waals surface area contributed by atoms with Crippen LogP contribution in [0.4, 0.5) is 0 Å². The van der Waals surface area contributed by atoms with Crippen LogP contribution >= 0.6 is 0 Å². The molecular formula is C20H23N3O4S. The maximum absolute atomic E-state index is 12.7. The van der Waals surface area contributed by atoms with Crippen LogP contribution in [-0.4, -0.2) is 25.7 Å². The first-order valence-electron chi connectivity index (χ1n) is 8.99. The van der Waals surface area contributed by atoms with Crippen molar-refractivity contribution in [1.82, 2.24) is 14.9 Å². The number of aryl methyl sites for hydroxylation is 2. The molecule has 0 amide bonds. The Bertz CT molecular complexity index is 1040. The first kappa shape index (κ1) is 20.0. The van der Waals surface area contributed by atoms with E-state index in [2.05, 4.69) is 14.9 Å². The first-order chi connectivity index (χ1) is 13.4. The fourth-order valence-electron chi connectivity index (χ4n) is 2.68. The summed E-state index contributed by atoms with van der Waals surface area (Å²) in [6, 6.07) is 12.2. The highest BCUT2D eigenvalue weighted by molar-refractivity contribution is 7.89. The number of methoxy groups -OCH3 is 1. The lowest BCUT2D eigenvalue weighted by atomic mass is 10.2. The third kappa shape index (κ3) is 4.58. The highest BCUT2D eigenvalue weighted by Gasteiger charge is 2.20. The number of benzene rings is 2. The predicted octanol–water partition coefficient (Wildman–Crippen LogP) is 3.48. The van der Waals surface area contributed by atoms with Crippen LogP contribution in [0.2, 0.25) is 0 Å². The first-order valence-corrected chi connectivity index (χ1v) is 10.5. The molecule has 3 rings (SSSR count). The van der Waals surface area contributed by atoms with E-state index in [9.17, 15) is 8.42 Å². The van der Waals surface area contributed by atoms with Gasteiger partial charge >= 0.3 is 0 Å². The Labute approximate surface area is 164 Å². The van der Waals surface area contributed by atoms with Gasteiger partial charge in [-0.25, -0.2) is 13.1 Å². The standard InChI is InChI=1S/C20H23N3O4S/c1-4-5-19-22-20(27-23-19)17-12-16(10-11-18(17)26-3)28(24,25)21-13-15-8-6-14(2)7-9-15/h6-12,21H,4-5,13H2,1-3H3. The summed E-state index contributed by atoms with van der Waals surface area (Å²) < 4.78 is 38.7. The Morgan fingerprint density at radius 2 is 1.89 bits per heavy atom. The molecule has 28 heavy (non-hydrogen) atoms. The van der Waals surface area contributed by atoms with Crippen LogP contribution in [0.1, 0.15) is 30.3 Å². The summed E-state index contributed by atoms with van der Waals surface area (Å²) in [7, 11) is -2.22. The van der Waals surface area contributed by atoms with Crippen molar-refractivity contribution in [3.63, 3.8) is 0 Å². The van der Waals surface area contributed by atoms with E-state index in [1.54, 1.807) is 6.07 Å². The zero-order chi connectivity index (χ0) is 20.1. The van der Waals surface area contributed by atoms with E-state index >= 15 is 0 Å². The number of nitrogens with one attached hydrogen (secondary N) is 1. The van der Waals surface area contributed by atoms with Gasteiger partial charge in [0.1, 0.15) is 5.75 Å². The minimum Gasteiger partial charge on any atom is -0.496 e. The molecule has 0 spiro atoms. The van der Waals surface area contributed by atoms with E-state index in [-0.39, 0.29) is 17.3 Å². The maximum atomic E-state index is 12.7. The molecule has 1 aromatic heterocycles. The molecule has 0 atom stereocenters. The van der Waals surface area contributed by atoms with Gasteiger partial charge < -0.3 is 9.26 Å². The topological polar surface area (TPSA) is 94.3 Å². The zero-order valence-electron chi connectivity index (χ0n) is 16.1. The van der Waals surface area contributed by atoms with Crippen LogP contribution < -0.4 is 9.46 Å². The average Bonchev–Trinajstić information content (AvgIpc) is 3.16. The highest BCUT2D eigenvalue weighted by Crippen LogP contribution is 2.31. The fourth-order valence-corrected chi connectivity index (χ4v) is 3.72. The number of nitrogens with zero attached hydrogens (tertiary/aromatic N) is 2. The van der Waals surface area contributed by atoms with Crippen molar-refractivity contribution in [1.29, 1.82) is 0 Å². The van der Waals surface area contributed by atoms with Crippen molar-refractivity contribution in [3.05, 3.63) is 59.4 Å². The fraction of sp³-hybridized carbons (Fsp3) is 0.300. The number of sulfonamides is 1. The molecule has 0 saturated carbocycles. The van der Waals surface area contributed by atoms with Gasteiger partial charge in [0.2, 0.25) is 10.0 Å². The molecule has 7 nitrogen and oxygen atoms in total. The summed E-state index contributed by atoms with van der Waals surface area (Å²) in [6.45, 7) is 4.20. The number of hydrogen-bond acceptors (Lipinski definition) is 6. The van der Waals surface area contributed by atoms with Crippen molar-refractivity contribution >= 4 is 10.0 Å². The molecule has 0 aliphatic heterocycles. The molecule has 0 radical (unpaired) electrons. The molecule has 0 fully saturated rings. The molecule has 148 valence electrons. The van der Waals surface area contributed by atoms with Crippen molar-refractivity contribution in [2.75, 3.05) is 7.11 Å². The Hall–Kier alpha value is -2.71. The van der Waals surface area contributed by atoms with Crippen molar-refractivity contribution in [3.8, 4) is 17.2 Å². The largest absolute Gasteiger partial charge is 0.496 e. The van der Waals surface area contributed by atoms with Gasteiger partial charge in [-0.05, 0) is 37.1 Å². The van der Waals surface area contributed by atoms with E-state index in [0.717, 1.165) is 17.5 Å². The van der Waals surface area contributed by atoms with E-state index in [1.165, 1.54) is 19.2 Å². The monoisotopic (exact) mass is 401 g/mol. The van der Waals surface area contributed by atoms with Gasteiger partial charge in [0.05, 0.1) is 17.6 Å². The van der Waals surface area contributed by atoms with Crippen molar-refractivity contribution in [2.45, 2.75) is 38.1 Å². The Kier molecular flexibility index (Phi) is 6.11. The Balaban J connectivity index is 1.87. The van der Waals surface area contributed by atoms with Gasteiger partial charge in [-0.1, -0.05) is 41.9 Å². The van der Waals surface area contributed by atoms with Crippen LogP contribution in [-0.2, 0) is 23.0 Å². The van der Waals surface area contributed by atoms with E-state index < -0.39 is 10.0 Å². The third-order valence-corrected chi connectivity index (χ3v) is 5.64. The van der Waals surface area contributed by atoms with Gasteiger partial charge in [-0.15, -0.1) is 0 Å².